The number of benzene rings is 1. The predicted octanol–water partition coefficient (Wildman–Crippen LogP) is 1.26. The van der Waals surface area contributed by atoms with Crippen LogP contribution in [0.15, 0.2) is 30.3 Å². The van der Waals surface area contributed by atoms with E-state index in [0.717, 1.165) is 64.3 Å². The molecule has 2 fully saturated rings. The molecule has 5 nitrogen and oxygen atoms in total. The lowest BCUT2D eigenvalue weighted by atomic mass is 9.93. The van der Waals surface area contributed by atoms with Crippen LogP contribution in [0.5, 0.6) is 0 Å². The fourth-order valence-corrected chi connectivity index (χ4v) is 3.73. The standard InChI is InChI=1S/C18H27N3O2/c19-18(22)17(16-4-2-1-3-5-16)21-8-6-15(7-9-21)14-20-10-12-23-13-11-20/h1-5,15,17H,6-14H2,(H2,19,22). The summed E-state index contributed by atoms with van der Waals surface area (Å²) in [5.41, 5.74) is 6.69. The minimum atomic E-state index is -0.291. The summed E-state index contributed by atoms with van der Waals surface area (Å²) in [5, 5.41) is 0. The van der Waals surface area contributed by atoms with Gasteiger partial charge in [-0.05, 0) is 37.4 Å². The van der Waals surface area contributed by atoms with Crippen molar-refractivity contribution >= 4 is 5.91 Å². The monoisotopic (exact) mass is 317 g/mol. The predicted molar refractivity (Wildman–Crippen MR) is 89.9 cm³/mol. The van der Waals surface area contributed by atoms with Crippen molar-refractivity contribution in [1.29, 1.82) is 0 Å². The molecule has 2 aliphatic heterocycles. The van der Waals surface area contributed by atoms with Gasteiger partial charge in [0.25, 0.3) is 0 Å². The molecule has 0 aliphatic carbocycles. The number of hydrogen-bond acceptors (Lipinski definition) is 4. The number of amides is 1. The second-order valence-electron chi connectivity index (χ2n) is 6.61. The van der Waals surface area contributed by atoms with Gasteiger partial charge in [0.2, 0.25) is 5.91 Å². The van der Waals surface area contributed by atoms with E-state index in [4.69, 9.17) is 10.5 Å². The van der Waals surface area contributed by atoms with Crippen LogP contribution in [-0.4, -0.2) is 61.6 Å². The maximum absolute atomic E-state index is 12.0. The molecule has 3 rings (SSSR count). The van der Waals surface area contributed by atoms with Crippen LogP contribution in [0.3, 0.4) is 0 Å². The van der Waals surface area contributed by atoms with Crippen LogP contribution < -0.4 is 5.73 Å². The van der Waals surface area contributed by atoms with Gasteiger partial charge < -0.3 is 10.5 Å². The summed E-state index contributed by atoms with van der Waals surface area (Å²) in [7, 11) is 0. The van der Waals surface area contributed by atoms with Crippen LogP contribution in [0.4, 0.5) is 0 Å². The number of morpholine rings is 1. The molecule has 1 aromatic rings. The number of nitrogens with zero attached hydrogens (tertiary/aromatic N) is 2. The molecule has 126 valence electrons. The molecule has 0 spiro atoms. The molecule has 1 unspecified atom stereocenters. The molecular weight excluding hydrogens is 290 g/mol. The third-order valence-corrected chi connectivity index (χ3v) is 5.02. The SMILES string of the molecule is NC(=O)C(c1ccccc1)N1CCC(CN2CCOCC2)CC1. The normalized spacial score (nSPS) is 22.8. The third kappa shape index (κ3) is 4.31. The van der Waals surface area contributed by atoms with Gasteiger partial charge in [0.05, 0.1) is 13.2 Å². The Morgan fingerprint density at radius 3 is 2.39 bits per heavy atom. The van der Waals surface area contributed by atoms with Crippen molar-refractivity contribution in [2.75, 3.05) is 45.9 Å². The smallest absolute Gasteiger partial charge is 0.239 e. The van der Waals surface area contributed by atoms with E-state index in [-0.39, 0.29) is 11.9 Å². The lowest BCUT2D eigenvalue weighted by Crippen LogP contribution is -2.45. The zero-order valence-corrected chi connectivity index (χ0v) is 13.7. The Morgan fingerprint density at radius 1 is 1.13 bits per heavy atom. The summed E-state index contributed by atoms with van der Waals surface area (Å²) < 4.78 is 5.41. The molecule has 0 aromatic heterocycles. The molecule has 1 amide bonds. The third-order valence-electron chi connectivity index (χ3n) is 5.02. The van der Waals surface area contributed by atoms with Gasteiger partial charge in [0, 0.05) is 19.6 Å². The zero-order chi connectivity index (χ0) is 16.1. The van der Waals surface area contributed by atoms with Crippen molar-refractivity contribution in [3.8, 4) is 0 Å². The van der Waals surface area contributed by atoms with Gasteiger partial charge in [-0.3, -0.25) is 14.6 Å². The molecule has 0 saturated carbocycles. The molecule has 0 radical (unpaired) electrons. The van der Waals surface area contributed by atoms with E-state index in [0.29, 0.717) is 5.92 Å². The van der Waals surface area contributed by atoms with E-state index in [1.54, 1.807) is 0 Å². The number of carbonyl (C=O) groups is 1. The van der Waals surface area contributed by atoms with E-state index >= 15 is 0 Å². The molecule has 5 heteroatoms. The van der Waals surface area contributed by atoms with Gasteiger partial charge in [-0.2, -0.15) is 0 Å². The second kappa shape index (κ2) is 7.90. The summed E-state index contributed by atoms with van der Waals surface area (Å²) in [6, 6.07) is 9.61. The van der Waals surface area contributed by atoms with E-state index in [9.17, 15) is 4.79 Å². The average Bonchev–Trinajstić information content (AvgIpc) is 2.58. The second-order valence-corrected chi connectivity index (χ2v) is 6.61. The fourth-order valence-electron chi connectivity index (χ4n) is 3.73. The van der Waals surface area contributed by atoms with Crippen molar-refractivity contribution in [1.82, 2.24) is 9.80 Å². The van der Waals surface area contributed by atoms with Crippen molar-refractivity contribution in [2.45, 2.75) is 18.9 Å². The van der Waals surface area contributed by atoms with Gasteiger partial charge >= 0.3 is 0 Å². The molecule has 0 bridgehead atoms. The highest BCUT2D eigenvalue weighted by atomic mass is 16.5. The zero-order valence-electron chi connectivity index (χ0n) is 13.7. The van der Waals surface area contributed by atoms with Crippen LogP contribution >= 0.6 is 0 Å². The molecule has 2 aliphatic rings. The number of piperidine rings is 1. The van der Waals surface area contributed by atoms with Gasteiger partial charge in [-0.25, -0.2) is 0 Å². The Bertz CT molecular complexity index is 494. The molecule has 1 aromatic carbocycles. The van der Waals surface area contributed by atoms with Gasteiger partial charge in [0.1, 0.15) is 6.04 Å². The number of rotatable bonds is 5. The molecule has 23 heavy (non-hydrogen) atoms. The number of likely N-dealkylation sites (tertiary alicyclic amines) is 1. The molecular formula is C18H27N3O2. The van der Waals surface area contributed by atoms with Gasteiger partial charge in [-0.1, -0.05) is 30.3 Å². The van der Waals surface area contributed by atoms with E-state index < -0.39 is 0 Å². The minimum absolute atomic E-state index is 0.247. The van der Waals surface area contributed by atoms with Crippen molar-refractivity contribution in [2.24, 2.45) is 11.7 Å². The highest BCUT2D eigenvalue weighted by Gasteiger charge is 2.30. The fraction of sp³-hybridized carbons (Fsp3) is 0.611. The number of carbonyl (C=O) groups excluding carboxylic acids is 1. The molecule has 1 atom stereocenters. The largest absolute Gasteiger partial charge is 0.379 e. The molecule has 2 saturated heterocycles. The Labute approximate surface area is 138 Å². The van der Waals surface area contributed by atoms with Crippen LogP contribution in [0.1, 0.15) is 24.4 Å². The van der Waals surface area contributed by atoms with Gasteiger partial charge in [-0.15, -0.1) is 0 Å². The van der Waals surface area contributed by atoms with Crippen molar-refractivity contribution in [3.63, 3.8) is 0 Å². The lowest BCUT2D eigenvalue weighted by molar-refractivity contribution is -0.124. The van der Waals surface area contributed by atoms with E-state index in [2.05, 4.69) is 9.80 Å². The molecule has 2 heterocycles. The van der Waals surface area contributed by atoms with Crippen LogP contribution in [0.2, 0.25) is 0 Å². The first-order chi connectivity index (χ1) is 11.2. The maximum atomic E-state index is 12.0. The van der Waals surface area contributed by atoms with Crippen molar-refractivity contribution < 1.29 is 9.53 Å². The first kappa shape index (κ1) is 16.4. The first-order valence-corrected chi connectivity index (χ1v) is 8.62. The van der Waals surface area contributed by atoms with Crippen molar-refractivity contribution in [3.05, 3.63) is 35.9 Å². The quantitative estimate of drug-likeness (QED) is 0.888. The number of primary amides is 1. The Kier molecular flexibility index (Phi) is 5.65. The highest BCUT2D eigenvalue weighted by molar-refractivity contribution is 5.81. The summed E-state index contributed by atoms with van der Waals surface area (Å²) in [6.07, 6.45) is 2.27. The summed E-state index contributed by atoms with van der Waals surface area (Å²) in [5.74, 6) is 0.469. The number of ether oxygens (including phenoxy) is 1. The summed E-state index contributed by atoms with van der Waals surface area (Å²) >= 11 is 0. The van der Waals surface area contributed by atoms with E-state index in [1.165, 1.54) is 0 Å². The van der Waals surface area contributed by atoms with E-state index in [1.807, 2.05) is 30.3 Å². The Morgan fingerprint density at radius 2 is 1.78 bits per heavy atom. The number of hydrogen-bond donors (Lipinski definition) is 1. The summed E-state index contributed by atoms with van der Waals surface area (Å²) in [6.45, 7) is 6.86. The Hall–Kier alpha value is -1.43. The molecule has 2 N–H and O–H groups in total. The Balaban J connectivity index is 1.55. The topological polar surface area (TPSA) is 58.8 Å². The number of nitrogens with two attached hydrogens (primary N) is 1. The van der Waals surface area contributed by atoms with Crippen LogP contribution in [0, 0.1) is 5.92 Å². The minimum Gasteiger partial charge on any atom is -0.379 e. The lowest BCUT2D eigenvalue weighted by Gasteiger charge is -2.38. The van der Waals surface area contributed by atoms with Gasteiger partial charge in [0.15, 0.2) is 0 Å². The van der Waals surface area contributed by atoms with Crippen LogP contribution in [-0.2, 0) is 9.53 Å². The van der Waals surface area contributed by atoms with Crippen LogP contribution in [0.25, 0.3) is 0 Å². The average molecular weight is 317 g/mol. The highest BCUT2D eigenvalue weighted by Crippen LogP contribution is 2.27. The first-order valence-electron chi connectivity index (χ1n) is 8.62. The maximum Gasteiger partial charge on any atom is 0.239 e. The summed E-state index contributed by atoms with van der Waals surface area (Å²) in [4.78, 5) is 16.7.